The summed E-state index contributed by atoms with van der Waals surface area (Å²) in [5.74, 6) is 3.47. The van der Waals surface area contributed by atoms with Gasteiger partial charge in [-0.3, -0.25) is 4.98 Å². The minimum Gasteiger partial charge on any atom is -0.365 e. The minimum atomic E-state index is 0.290. The molecule has 122 valence electrons. The summed E-state index contributed by atoms with van der Waals surface area (Å²) in [6, 6.07) is 6.11. The highest BCUT2D eigenvalue weighted by atomic mass is 15.4. The highest BCUT2D eigenvalue weighted by molar-refractivity contribution is 5.56. The van der Waals surface area contributed by atoms with Crippen molar-refractivity contribution in [3.05, 3.63) is 47.9 Å². The molecule has 0 aliphatic carbocycles. The lowest BCUT2D eigenvalue weighted by atomic mass is 10.1. The van der Waals surface area contributed by atoms with Crippen LogP contribution in [0.2, 0.25) is 0 Å². The number of rotatable bonds is 3. The highest BCUT2D eigenvalue weighted by Crippen LogP contribution is 2.20. The van der Waals surface area contributed by atoms with Gasteiger partial charge in [0.1, 0.15) is 17.5 Å². The molecule has 3 aromatic rings. The van der Waals surface area contributed by atoms with Crippen LogP contribution in [-0.2, 0) is 13.0 Å². The average molecular weight is 321 g/mol. The molecule has 4 heterocycles. The molecule has 3 aromatic heterocycles. The Morgan fingerprint density at radius 2 is 1.96 bits per heavy atom. The second-order valence-electron chi connectivity index (χ2n) is 6.09. The van der Waals surface area contributed by atoms with Gasteiger partial charge in [-0.2, -0.15) is 5.10 Å². The molecule has 24 heavy (non-hydrogen) atoms. The molecule has 7 heteroatoms. The molecular weight excluding hydrogens is 302 g/mol. The first-order chi connectivity index (χ1) is 11.7. The van der Waals surface area contributed by atoms with Crippen molar-refractivity contribution < 1.29 is 0 Å². The fourth-order valence-corrected chi connectivity index (χ4v) is 3.03. The Bertz CT molecular complexity index is 857. The molecule has 1 aliphatic heterocycles. The van der Waals surface area contributed by atoms with Gasteiger partial charge in [0.2, 0.25) is 0 Å². The molecule has 0 radical (unpaired) electrons. The third-order valence-corrected chi connectivity index (χ3v) is 4.11. The van der Waals surface area contributed by atoms with Gasteiger partial charge in [0.15, 0.2) is 5.82 Å². The summed E-state index contributed by atoms with van der Waals surface area (Å²) < 4.78 is 1.99. The fraction of sp³-hybridized carbons (Fsp3) is 0.353. The summed E-state index contributed by atoms with van der Waals surface area (Å²) in [7, 11) is 0. The second kappa shape index (κ2) is 5.99. The van der Waals surface area contributed by atoms with Gasteiger partial charge >= 0.3 is 0 Å². The van der Waals surface area contributed by atoms with Gasteiger partial charge in [0.25, 0.3) is 0 Å². The predicted octanol–water partition coefficient (Wildman–Crippen LogP) is 2.17. The Balaban J connectivity index is 1.56. The first-order valence-corrected chi connectivity index (χ1v) is 8.10. The first-order valence-electron chi connectivity index (χ1n) is 8.10. The molecular formula is C17H19N7. The largest absolute Gasteiger partial charge is 0.365 e. The van der Waals surface area contributed by atoms with Crippen LogP contribution < -0.4 is 5.32 Å². The van der Waals surface area contributed by atoms with Gasteiger partial charge in [-0.05, 0) is 32.4 Å². The number of nitrogens with one attached hydrogen (secondary N) is 1. The van der Waals surface area contributed by atoms with Crippen molar-refractivity contribution in [1.29, 1.82) is 0 Å². The molecule has 1 aliphatic rings. The summed E-state index contributed by atoms with van der Waals surface area (Å²) in [5.41, 5.74) is 1.90. The fourth-order valence-electron chi connectivity index (χ4n) is 3.03. The molecule has 0 spiro atoms. The summed E-state index contributed by atoms with van der Waals surface area (Å²) in [6.07, 6.45) is 5.46. The van der Waals surface area contributed by atoms with Crippen LogP contribution in [0, 0.1) is 13.8 Å². The quantitative estimate of drug-likeness (QED) is 0.796. The molecule has 0 bridgehead atoms. The number of pyridine rings is 1. The molecule has 1 N–H and O–H groups in total. The van der Waals surface area contributed by atoms with Crippen LogP contribution in [0.1, 0.15) is 23.8 Å². The molecule has 0 saturated carbocycles. The maximum atomic E-state index is 4.66. The number of aryl methyl sites for hydroxylation is 3. The van der Waals surface area contributed by atoms with E-state index in [1.165, 1.54) is 0 Å². The van der Waals surface area contributed by atoms with Gasteiger partial charge in [0, 0.05) is 42.2 Å². The molecule has 7 nitrogen and oxygen atoms in total. The van der Waals surface area contributed by atoms with E-state index >= 15 is 0 Å². The van der Waals surface area contributed by atoms with Crippen LogP contribution in [0.4, 0.5) is 5.82 Å². The Morgan fingerprint density at radius 3 is 2.79 bits per heavy atom. The summed E-state index contributed by atoms with van der Waals surface area (Å²) in [5, 5.41) is 7.98. The zero-order valence-corrected chi connectivity index (χ0v) is 13.8. The zero-order chi connectivity index (χ0) is 16.5. The summed E-state index contributed by atoms with van der Waals surface area (Å²) in [6.45, 7) is 4.73. The van der Waals surface area contributed by atoms with Crippen molar-refractivity contribution in [2.75, 3.05) is 5.32 Å². The van der Waals surface area contributed by atoms with Gasteiger partial charge in [0.05, 0.1) is 6.54 Å². The van der Waals surface area contributed by atoms with Crippen molar-refractivity contribution in [1.82, 2.24) is 29.7 Å². The number of anilines is 1. The molecule has 0 aromatic carbocycles. The van der Waals surface area contributed by atoms with Gasteiger partial charge < -0.3 is 5.32 Å². The molecule has 0 saturated heterocycles. The molecule has 4 rings (SSSR count). The number of aromatic nitrogens is 6. The number of fused-ring (bicyclic) bond motifs is 1. The van der Waals surface area contributed by atoms with E-state index in [-0.39, 0.29) is 6.04 Å². The summed E-state index contributed by atoms with van der Waals surface area (Å²) >= 11 is 0. The van der Waals surface area contributed by atoms with E-state index in [1.807, 2.05) is 36.7 Å². The third-order valence-electron chi connectivity index (χ3n) is 4.11. The van der Waals surface area contributed by atoms with Crippen molar-refractivity contribution in [2.24, 2.45) is 0 Å². The van der Waals surface area contributed by atoms with Crippen LogP contribution in [0.5, 0.6) is 0 Å². The van der Waals surface area contributed by atoms with Gasteiger partial charge in [-0.15, -0.1) is 0 Å². The smallest absolute Gasteiger partial charge is 0.161 e. The van der Waals surface area contributed by atoms with Crippen LogP contribution in [0.25, 0.3) is 11.4 Å². The zero-order valence-electron chi connectivity index (χ0n) is 13.8. The van der Waals surface area contributed by atoms with Gasteiger partial charge in [-0.25, -0.2) is 19.6 Å². The molecule has 1 atom stereocenters. The van der Waals surface area contributed by atoms with E-state index in [4.69, 9.17) is 0 Å². The molecule has 0 fully saturated rings. The predicted molar refractivity (Wildman–Crippen MR) is 90.5 cm³/mol. The van der Waals surface area contributed by atoms with Crippen molar-refractivity contribution in [2.45, 2.75) is 39.3 Å². The van der Waals surface area contributed by atoms with Crippen LogP contribution >= 0.6 is 0 Å². The minimum absolute atomic E-state index is 0.290. The van der Waals surface area contributed by atoms with Gasteiger partial charge in [-0.1, -0.05) is 0 Å². The SMILES string of the molecule is Cc1cc(N[C@@H]2CCc3nc(C)nn3C2)nc(-c2ccncc2)n1. The molecule has 0 amide bonds. The average Bonchev–Trinajstić information content (AvgIpc) is 2.94. The lowest BCUT2D eigenvalue weighted by molar-refractivity contribution is 0.440. The second-order valence-corrected chi connectivity index (χ2v) is 6.09. The maximum absolute atomic E-state index is 4.66. The van der Waals surface area contributed by atoms with E-state index in [0.29, 0.717) is 5.82 Å². The lowest BCUT2D eigenvalue weighted by Crippen LogP contribution is -2.32. The van der Waals surface area contributed by atoms with Crippen LogP contribution in [0.3, 0.4) is 0 Å². The van der Waals surface area contributed by atoms with E-state index in [2.05, 4.69) is 30.4 Å². The normalized spacial score (nSPS) is 16.7. The Hall–Kier alpha value is -2.83. The van der Waals surface area contributed by atoms with E-state index in [9.17, 15) is 0 Å². The van der Waals surface area contributed by atoms with Crippen molar-refractivity contribution >= 4 is 5.82 Å². The Morgan fingerprint density at radius 1 is 1.12 bits per heavy atom. The highest BCUT2D eigenvalue weighted by Gasteiger charge is 2.21. The van der Waals surface area contributed by atoms with E-state index in [0.717, 1.165) is 48.1 Å². The van der Waals surface area contributed by atoms with Crippen molar-refractivity contribution in [3.8, 4) is 11.4 Å². The Labute approximate surface area is 140 Å². The monoisotopic (exact) mass is 321 g/mol. The third kappa shape index (κ3) is 2.97. The lowest BCUT2D eigenvalue weighted by Gasteiger charge is -2.24. The number of nitrogens with zero attached hydrogens (tertiary/aromatic N) is 6. The first kappa shape index (κ1) is 14.7. The number of hydrogen-bond acceptors (Lipinski definition) is 6. The number of hydrogen-bond donors (Lipinski definition) is 1. The van der Waals surface area contributed by atoms with Crippen molar-refractivity contribution in [3.63, 3.8) is 0 Å². The summed E-state index contributed by atoms with van der Waals surface area (Å²) in [4.78, 5) is 17.7. The molecule has 0 unspecified atom stereocenters. The standard InChI is InChI=1S/C17H19N7/c1-11-9-15(22-17(19-11)13-5-7-18-8-6-13)21-14-3-4-16-20-12(2)23-24(16)10-14/h5-9,14H,3-4,10H2,1-2H3,(H,19,21,22)/t14-/m1/s1. The van der Waals surface area contributed by atoms with Crippen LogP contribution in [0.15, 0.2) is 30.6 Å². The Kier molecular flexibility index (Phi) is 3.68. The van der Waals surface area contributed by atoms with E-state index < -0.39 is 0 Å². The maximum Gasteiger partial charge on any atom is 0.161 e. The topological polar surface area (TPSA) is 81.4 Å². The van der Waals surface area contributed by atoms with Crippen LogP contribution in [-0.4, -0.2) is 35.8 Å². The van der Waals surface area contributed by atoms with E-state index in [1.54, 1.807) is 12.4 Å².